The lowest BCUT2D eigenvalue weighted by atomic mass is 10.1. The van der Waals surface area contributed by atoms with Gasteiger partial charge in [0.05, 0.1) is 5.56 Å². The summed E-state index contributed by atoms with van der Waals surface area (Å²) in [5.41, 5.74) is 0.229. The Hall–Kier alpha value is -1.26. The van der Waals surface area contributed by atoms with Gasteiger partial charge in [-0.2, -0.15) is 0 Å². The molecule has 0 aromatic heterocycles. The zero-order valence-electron chi connectivity index (χ0n) is 10.1. The first-order valence-corrected chi connectivity index (χ1v) is 6.52. The summed E-state index contributed by atoms with van der Waals surface area (Å²) in [4.78, 5) is 11.8. The number of aromatic hydroxyl groups is 1. The molecule has 18 heavy (non-hydrogen) atoms. The van der Waals surface area contributed by atoms with Gasteiger partial charge in [-0.25, -0.2) is 0 Å². The number of benzene rings is 1. The van der Waals surface area contributed by atoms with Crippen LogP contribution in [0, 0.1) is 5.92 Å². The van der Waals surface area contributed by atoms with E-state index in [0.717, 1.165) is 25.9 Å². The highest BCUT2D eigenvalue weighted by Gasteiger charge is 2.15. The quantitative estimate of drug-likeness (QED) is 0.780. The molecule has 4 nitrogen and oxygen atoms in total. The number of rotatable bonds is 4. The lowest BCUT2D eigenvalue weighted by Gasteiger charge is -2.10. The third-order valence-corrected chi connectivity index (χ3v) is 3.44. The van der Waals surface area contributed by atoms with Gasteiger partial charge in [-0.05, 0) is 50.0 Å². The summed E-state index contributed by atoms with van der Waals surface area (Å²) in [6.45, 7) is 2.71. The van der Waals surface area contributed by atoms with Crippen LogP contribution in [-0.4, -0.2) is 30.6 Å². The molecule has 0 bridgehead atoms. The average Bonchev–Trinajstić information content (AvgIpc) is 2.85. The Morgan fingerprint density at radius 2 is 2.39 bits per heavy atom. The third kappa shape index (κ3) is 3.37. The molecule has 1 unspecified atom stereocenters. The fourth-order valence-electron chi connectivity index (χ4n) is 2.14. The lowest BCUT2D eigenvalue weighted by Crippen LogP contribution is -2.26. The molecule has 1 saturated heterocycles. The van der Waals surface area contributed by atoms with Crippen LogP contribution in [0.1, 0.15) is 23.2 Å². The number of carbonyl (C=O) groups is 1. The SMILES string of the molecule is O=C(NCCC1CCNC1)c1cc(Cl)ccc1O. The molecule has 1 aromatic rings. The van der Waals surface area contributed by atoms with Crippen molar-refractivity contribution in [2.45, 2.75) is 12.8 Å². The number of nitrogens with one attached hydrogen (secondary N) is 2. The van der Waals surface area contributed by atoms with Crippen LogP contribution in [0.3, 0.4) is 0 Å². The number of phenolic OH excluding ortho intramolecular Hbond substituents is 1. The van der Waals surface area contributed by atoms with Crippen molar-refractivity contribution < 1.29 is 9.90 Å². The van der Waals surface area contributed by atoms with Gasteiger partial charge in [-0.1, -0.05) is 11.6 Å². The molecule has 1 aliphatic rings. The maximum absolute atomic E-state index is 11.8. The number of carbonyl (C=O) groups excluding carboxylic acids is 1. The zero-order valence-corrected chi connectivity index (χ0v) is 10.8. The first-order valence-electron chi connectivity index (χ1n) is 6.14. The normalized spacial score (nSPS) is 18.8. The molecule has 1 aliphatic heterocycles. The topological polar surface area (TPSA) is 61.4 Å². The van der Waals surface area contributed by atoms with Gasteiger partial charge in [0.15, 0.2) is 0 Å². The van der Waals surface area contributed by atoms with E-state index in [9.17, 15) is 9.90 Å². The van der Waals surface area contributed by atoms with Crippen LogP contribution in [-0.2, 0) is 0 Å². The second kappa shape index (κ2) is 6.07. The highest BCUT2D eigenvalue weighted by molar-refractivity contribution is 6.31. The Balaban J connectivity index is 1.85. The number of phenols is 1. The van der Waals surface area contributed by atoms with Gasteiger partial charge < -0.3 is 15.7 Å². The van der Waals surface area contributed by atoms with Crippen molar-refractivity contribution in [2.24, 2.45) is 5.92 Å². The highest BCUT2D eigenvalue weighted by atomic mass is 35.5. The Kier molecular flexibility index (Phi) is 4.44. The summed E-state index contributed by atoms with van der Waals surface area (Å²) >= 11 is 5.80. The Labute approximate surface area is 111 Å². The molecule has 1 atom stereocenters. The van der Waals surface area contributed by atoms with Crippen LogP contribution in [0.15, 0.2) is 18.2 Å². The molecule has 2 rings (SSSR count). The largest absolute Gasteiger partial charge is 0.507 e. The predicted molar refractivity (Wildman–Crippen MR) is 71.0 cm³/mol. The molecular formula is C13H17ClN2O2. The molecule has 0 radical (unpaired) electrons. The van der Waals surface area contributed by atoms with Gasteiger partial charge in [-0.3, -0.25) is 4.79 Å². The van der Waals surface area contributed by atoms with Gasteiger partial charge in [-0.15, -0.1) is 0 Å². The standard InChI is InChI=1S/C13H17ClN2O2/c14-10-1-2-12(17)11(7-10)13(18)16-6-4-9-3-5-15-8-9/h1-2,7,9,15,17H,3-6,8H2,(H,16,18). The molecule has 1 heterocycles. The van der Waals surface area contributed by atoms with Gasteiger partial charge in [0.2, 0.25) is 0 Å². The van der Waals surface area contributed by atoms with E-state index >= 15 is 0 Å². The van der Waals surface area contributed by atoms with Gasteiger partial charge in [0, 0.05) is 11.6 Å². The van der Waals surface area contributed by atoms with E-state index in [-0.39, 0.29) is 17.2 Å². The van der Waals surface area contributed by atoms with Crippen LogP contribution < -0.4 is 10.6 Å². The summed E-state index contributed by atoms with van der Waals surface area (Å²) in [5.74, 6) is 0.318. The van der Waals surface area contributed by atoms with Gasteiger partial charge in [0.1, 0.15) is 5.75 Å². The molecule has 98 valence electrons. The number of hydrogen-bond acceptors (Lipinski definition) is 3. The summed E-state index contributed by atoms with van der Waals surface area (Å²) < 4.78 is 0. The lowest BCUT2D eigenvalue weighted by molar-refractivity contribution is 0.0949. The fourth-order valence-corrected chi connectivity index (χ4v) is 2.31. The number of amides is 1. The summed E-state index contributed by atoms with van der Waals surface area (Å²) in [6.07, 6.45) is 2.12. The first-order chi connectivity index (χ1) is 8.66. The molecule has 1 fully saturated rings. The summed E-state index contributed by atoms with van der Waals surface area (Å²) in [7, 11) is 0. The molecule has 1 aromatic carbocycles. The molecule has 0 saturated carbocycles. The maximum atomic E-state index is 11.8. The van der Waals surface area contributed by atoms with Crippen molar-refractivity contribution in [3.8, 4) is 5.75 Å². The van der Waals surface area contributed by atoms with Crippen LogP contribution in [0.5, 0.6) is 5.75 Å². The Morgan fingerprint density at radius 3 is 3.11 bits per heavy atom. The molecular weight excluding hydrogens is 252 g/mol. The molecule has 0 spiro atoms. The molecule has 3 N–H and O–H groups in total. The van der Waals surface area contributed by atoms with Crippen molar-refractivity contribution in [2.75, 3.05) is 19.6 Å². The third-order valence-electron chi connectivity index (χ3n) is 3.20. The van der Waals surface area contributed by atoms with Crippen LogP contribution >= 0.6 is 11.6 Å². The summed E-state index contributed by atoms with van der Waals surface area (Å²) in [5, 5.41) is 16.1. The zero-order chi connectivity index (χ0) is 13.0. The van der Waals surface area contributed by atoms with Crippen molar-refractivity contribution >= 4 is 17.5 Å². The Morgan fingerprint density at radius 1 is 1.56 bits per heavy atom. The van der Waals surface area contributed by atoms with E-state index in [4.69, 9.17) is 11.6 Å². The van der Waals surface area contributed by atoms with E-state index in [1.807, 2.05) is 0 Å². The van der Waals surface area contributed by atoms with Crippen LogP contribution in [0.2, 0.25) is 5.02 Å². The number of halogens is 1. The first kappa shape index (κ1) is 13.2. The summed E-state index contributed by atoms with van der Waals surface area (Å²) in [6, 6.07) is 4.46. The number of hydrogen-bond donors (Lipinski definition) is 3. The average molecular weight is 269 g/mol. The van der Waals surface area contributed by atoms with Gasteiger partial charge in [0.25, 0.3) is 5.91 Å². The monoisotopic (exact) mass is 268 g/mol. The van der Waals surface area contributed by atoms with Crippen molar-refractivity contribution in [3.05, 3.63) is 28.8 Å². The van der Waals surface area contributed by atoms with E-state index < -0.39 is 0 Å². The van der Waals surface area contributed by atoms with Crippen molar-refractivity contribution in [1.82, 2.24) is 10.6 Å². The minimum Gasteiger partial charge on any atom is -0.507 e. The maximum Gasteiger partial charge on any atom is 0.255 e. The van der Waals surface area contributed by atoms with Crippen LogP contribution in [0.25, 0.3) is 0 Å². The molecule has 0 aliphatic carbocycles. The van der Waals surface area contributed by atoms with Crippen molar-refractivity contribution in [3.63, 3.8) is 0 Å². The van der Waals surface area contributed by atoms with Crippen molar-refractivity contribution in [1.29, 1.82) is 0 Å². The van der Waals surface area contributed by atoms with Gasteiger partial charge >= 0.3 is 0 Å². The highest BCUT2D eigenvalue weighted by Crippen LogP contribution is 2.21. The second-order valence-corrected chi connectivity index (χ2v) is 5.00. The molecule has 5 heteroatoms. The van der Waals surface area contributed by atoms with E-state index in [2.05, 4.69) is 10.6 Å². The second-order valence-electron chi connectivity index (χ2n) is 4.56. The minimum atomic E-state index is -0.277. The van der Waals surface area contributed by atoms with E-state index in [1.165, 1.54) is 12.1 Å². The minimum absolute atomic E-state index is 0.0422. The van der Waals surface area contributed by atoms with E-state index in [1.54, 1.807) is 6.07 Å². The molecule has 1 amide bonds. The Bertz CT molecular complexity index is 431. The smallest absolute Gasteiger partial charge is 0.255 e. The van der Waals surface area contributed by atoms with E-state index in [0.29, 0.717) is 17.5 Å². The fraction of sp³-hybridized carbons (Fsp3) is 0.462. The van der Waals surface area contributed by atoms with Crippen LogP contribution in [0.4, 0.5) is 0 Å². The predicted octanol–water partition coefficient (Wildman–Crippen LogP) is 1.77.